The first-order chi connectivity index (χ1) is 15.5. The minimum absolute atomic E-state index is 0.0785. The van der Waals surface area contributed by atoms with E-state index in [-0.39, 0.29) is 15.8 Å². The van der Waals surface area contributed by atoms with Crippen molar-refractivity contribution in [1.82, 2.24) is 4.90 Å². The van der Waals surface area contributed by atoms with Crippen molar-refractivity contribution in [1.29, 1.82) is 0 Å². The molecule has 0 amide bonds. The minimum atomic E-state index is -3.67. The van der Waals surface area contributed by atoms with E-state index in [1.54, 1.807) is 14.2 Å². The van der Waals surface area contributed by atoms with Crippen LogP contribution in [0.5, 0.6) is 17.2 Å². The molecule has 2 aliphatic heterocycles. The number of methoxy groups -OCH3 is 2. The fraction of sp³-hybridized carbons (Fsp3) is 0.391. The molecule has 3 aromatic rings. The van der Waals surface area contributed by atoms with Gasteiger partial charge in [-0.3, -0.25) is 9.45 Å². The van der Waals surface area contributed by atoms with E-state index in [2.05, 4.69) is 4.90 Å². The SMILES string of the molecule is COc1cc2c3c(c4cc(Cl)c(O)c(Cl)c4c2cc1OC)C[C@@H]1CCCN1C3.CS(=O)(=O)O. The van der Waals surface area contributed by atoms with Crippen molar-refractivity contribution in [3.8, 4) is 17.2 Å². The summed E-state index contributed by atoms with van der Waals surface area (Å²) in [5.74, 6) is 1.25. The molecule has 5 rings (SSSR count). The molecule has 0 saturated carbocycles. The zero-order chi connectivity index (χ0) is 24.1. The van der Waals surface area contributed by atoms with Gasteiger partial charge in [-0.1, -0.05) is 23.2 Å². The van der Waals surface area contributed by atoms with Crippen LogP contribution in [0.3, 0.4) is 0 Å². The van der Waals surface area contributed by atoms with Crippen LogP contribution in [0.2, 0.25) is 10.0 Å². The average Bonchev–Trinajstić information content (AvgIpc) is 3.21. The van der Waals surface area contributed by atoms with Gasteiger partial charge in [-0.2, -0.15) is 8.42 Å². The van der Waals surface area contributed by atoms with Gasteiger partial charge in [-0.25, -0.2) is 0 Å². The third-order valence-corrected chi connectivity index (χ3v) is 6.96. The van der Waals surface area contributed by atoms with Gasteiger partial charge in [0, 0.05) is 18.0 Å². The molecule has 0 aromatic heterocycles. The topological polar surface area (TPSA) is 96.3 Å². The standard InChI is InChI=1S/C22H21Cl2NO3.CH4O3S/c1-27-18-8-13-15(9-19(18)28-2)20-14(7-17(23)22(26)21(20)24)12-6-11-4-3-5-25(11)10-16(12)13;1-5(2,3)4/h7-9,11,26H,3-6,10H2,1-2H3;1H3,(H,2,3,4)/t11-;/m0./s1. The van der Waals surface area contributed by atoms with Crippen molar-refractivity contribution >= 4 is 54.9 Å². The van der Waals surface area contributed by atoms with E-state index in [9.17, 15) is 13.5 Å². The van der Waals surface area contributed by atoms with Crippen LogP contribution in [0.1, 0.15) is 24.0 Å². The summed E-state index contributed by atoms with van der Waals surface area (Å²) in [4.78, 5) is 2.56. The van der Waals surface area contributed by atoms with Gasteiger partial charge in [0.15, 0.2) is 17.2 Å². The van der Waals surface area contributed by atoms with Crippen LogP contribution < -0.4 is 9.47 Å². The maximum atomic E-state index is 10.4. The smallest absolute Gasteiger partial charge is 0.261 e. The minimum Gasteiger partial charge on any atom is -0.505 e. The van der Waals surface area contributed by atoms with Gasteiger partial charge in [0.1, 0.15) is 0 Å². The van der Waals surface area contributed by atoms with Gasteiger partial charge >= 0.3 is 0 Å². The van der Waals surface area contributed by atoms with Crippen LogP contribution in [-0.4, -0.2) is 56.0 Å². The van der Waals surface area contributed by atoms with Crippen LogP contribution in [0.25, 0.3) is 21.5 Å². The lowest BCUT2D eigenvalue weighted by Gasteiger charge is -2.33. The van der Waals surface area contributed by atoms with Crippen LogP contribution in [-0.2, 0) is 23.1 Å². The highest BCUT2D eigenvalue weighted by Gasteiger charge is 2.33. The van der Waals surface area contributed by atoms with E-state index >= 15 is 0 Å². The number of aromatic hydroxyl groups is 1. The summed E-state index contributed by atoms with van der Waals surface area (Å²) in [6.07, 6.45) is 4.12. The summed E-state index contributed by atoms with van der Waals surface area (Å²) < 4.78 is 37.0. The molecule has 0 spiro atoms. The average molecular weight is 514 g/mol. The second-order valence-corrected chi connectivity index (χ2v) is 10.6. The van der Waals surface area contributed by atoms with Crippen LogP contribution in [0, 0.1) is 0 Å². The molecule has 178 valence electrons. The zero-order valence-corrected chi connectivity index (χ0v) is 20.8. The Morgan fingerprint density at radius 2 is 1.64 bits per heavy atom. The normalized spacial score (nSPS) is 17.9. The van der Waals surface area contributed by atoms with Gasteiger partial charge in [0.2, 0.25) is 0 Å². The first-order valence-corrected chi connectivity index (χ1v) is 13.0. The van der Waals surface area contributed by atoms with Crippen molar-refractivity contribution < 1.29 is 27.6 Å². The lowest BCUT2D eigenvalue weighted by molar-refractivity contribution is 0.229. The molecule has 3 aromatic carbocycles. The molecule has 2 heterocycles. The largest absolute Gasteiger partial charge is 0.505 e. The zero-order valence-electron chi connectivity index (χ0n) is 18.5. The number of rotatable bonds is 2. The number of ether oxygens (including phenoxy) is 2. The Morgan fingerprint density at radius 1 is 1.03 bits per heavy atom. The summed E-state index contributed by atoms with van der Waals surface area (Å²) in [6, 6.07) is 6.40. The molecule has 1 fully saturated rings. The lowest BCUT2D eigenvalue weighted by Crippen LogP contribution is -2.35. The molecule has 7 nitrogen and oxygen atoms in total. The van der Waals surface area contributed by atoms with E-state index in [1.165, 1.54) is 24.0 Å². The maximum Gasteiger partial charge on any atom is 0.261 e. The Morgan fingerprint density at radius 3 is 2.24 bits per heavy atom. The molecule has 33 heavy (non-hydrogen) atoms. The summed E-state index contributed by atoms with van der Waals surface area (Å²) in [6.45, 7) is 2.03. The molecule has 0 bridgehead atoms. The Balaban J connectivity index is 0.000000471. The first kappa shape index (κ1) is 24.2. The molecular weight excluding hydrogens is 489 g/mol. The van der Waals surface area contributed by atoms with E-state index in [1.807, 2.05) is 18.2 Å². The third-order valence-electron chi connectivity index (χ3n) is 6.30. The fourth-order valence-corrected chi connectivity index (χ4v) is 5.51. The number of hydrogen-bond donors (Lipinski definition) is 2. The van der Waals surface area contributed by atoms with Crippen molar-refractivity contribution in [2.24, 2.45) is 0 Å². The number of phenolic OH excluding ortho intramolecular Hbond substituents is 1. The van der Waals surface area contributed by atoms with Gasteiger partial charge in [0.05, 0.1) is 30.5 Å². The Labute approximate surface area is 202 Å². The molecule has 2 N–H and O–H groups in total. The number of halogens is 2. The van der Waals surface area contributed by atoms with Crippen LogP contribution >= 0.6 is 23.2 Å². The van der Waals surface area contributed by atoms with Crippen molar-refractivity contribution in [2.75, 3.05) is 27.0 Å². The van der Waals surface area contributed by atoms with Crippen molar-refractivity contribution in [3.63, 3.8) is 0 Å². The number of fused-ring (bicyclic) bond motifs is 7. The van der Waals surface area contributed by atoms with E-state index < -0.39 is 10.1 Å². The predicted octanol–water partition coefficient (Wildman–Crippen LogP) is 5.05. The van der Waals surface area contributed by atoms with Crippen molar-refractivity contribution in [3.05, 3.63) is 39.4 Å². The molecule has 0 aliphatic carbocycles. The van der Waals surface area contributed by atoms with Gasteiger partial charge < -0.3 is 14.6 Å². The van der Waals surface area contributed by atoms with E-state index in [0.29, 0.717) is 23.8 Å². The van der Waals surface area contributed by atoms with Gasteiger partial charge in [-0.15, -0.1) is 0 Å². The predicted molar refractivity (Wildman–Crippen MR) is 131 cm³/mol. The second kappa shape index (κ2) is 9.00. The van der Waals surface area contributed by atoms with E-state index in [4.69, 9.17) is 37.2 Å². The Hall–Kier alpha value is -1.97. The Kier molecular flexibility index (Phi) is 6.59. The molecule has 0 radical (unpaired) electrons. The van der Waals surface area contributed by atoms with Crippen LogP contribution in [0.15, 0.2) is 18.2 Å². The highest BCUT2D eigenvalue weighted by atomic mass is 35.5. The van der Waals surface area contributed by atoms with Gasteiger partial charge in [-0.05, 0) is 71.3 Å². The van der Waals surface area contributed by atoms with Crippen LogP contribution in [0.4, 0.5) is 0 Å². The highest BCUT2D eigenvalue weighted by molar-refractivity contribution is 7.85. The molecule has 10 heteroatoms. The summed E-state index contributed by atoms with van der Waals surface area (Å²) in [5.41, 5.74) is 2.57. The molecular formula is C23H25Cl2NO6S. The molecule has 0 unspecified atom stereocenters. The fourth-order valence-electron chi connectivity index (χ4n) is 4.96. The lowest BCUT2D eigenvalue weighted by atomic mass is 9.85. The van der Waals surface area contributed by atoms with Gasteiger partial charge in [0.25, 0.3) is 10.1 Å². The summed E-state index contributed by atoms with van der Waals surface area (Å²) in [7, 11) is -0.401. The first-order valence-electron chi connectivity index (χ1n) is 10.4. The second-order valence-electron chi connectivity index (χ2n) is 8.36. The summed E-state index contributed by atoms with van der Waals surface area (Å²) >= 11 is 12.9. The quantitative estimate of drug-likeness (QED) is 0.365. The number of phenols is 1. The number of hydrogen-bond acceptors (Lipinski definition) is 6. The molecule has 1 atom stereocenters. The number of nitrogens with zero attached hydrogens (tertiary/aromatic N) is 1. The molecule has 2 aliphatic rings. The number of benzene rings is 3. The maximum absolute atomic E-state index is 10.4. The summed E-state index contributed by atoms with van der Waals surface area (Å²) in [5, 5.41) is 14.9. The van der Waals surface area contributed by atoms with E-state index in [0.717, 1.165) is 41.1 Å². The Bertz CT molecular complexity index is 1350. The van der Waals surface area contributed by atoms with Crippen molar-refractivity contribution in [2.45, 2.75) is 31.8 Å². The monoisotopic (exact) mass is 513 g/mol. The third kappa shape index (κ3) is 4.55. The highest BCUT2D eigenvalue weighted by Crippen LogP contribution is 2.48. The molecule has 1 saturated heterocycles.